The lowest BCUT2D eigenvalue weighted by Crippen LogP contribution is -2.31. The zero-order valence-electron chi connectivity index (χ0n) is 12.6. The van der Waals surface area contributed by atoms with Gasteiger partial charge in [0, 0.05) is 0 Å². The monoisotopic (exact) mass is 339 g/mol. The summed E-state index contributed by atoms with van der Waals surface area (Å²) in [5, 5.41) is 9.56. The summed E-state index contributed by atoms with van der Waals surface area (Å²) < 4.78 is 19.8. The number of hydrogen-bond donors (Lipinski definition) is 3. The molecule has 4 atom stereocenters. The van der Waals surface area contributed by atoms with E-state index < -0.39 is 18.1 Å². The molecule has 0 bridgehead atoms. The standard InChI is InChI=1S/C13H17N5O4S/c1-13(2)21-7-5(3-19)20-11(8(7)22-13)18-4-15-6-9(18)16-12(14)17-10(6)23/h4-5,7-8,11,19H,3H2,1-2H3,(H3,14,16,17,23)/t5-,7+,8-,11+/m1/s1. The van der Waals surface area contributed by atoms with Gasteiger partial charge in [0.1, 0.15) is 29.5 Å². The Labute approximate surface area is 136 Å². The van der Waals surface area contributed by atoms with E-state index in [1.165, 1.54) is 0 Å². The summed E-state index contributed by atoms with van der Waals surface area (Å²) in [6.45, 7) is 3.50. The molecule has 2 aromatic heterocycles. The molecular weight excluding hydrogens is 322 g/mol. The van der Waals surface area contributed by atoms with Gasteiger partial charge in [-0.3, -0.25) is 4.57 Å². The predicted octanol–water partition coefficient (Wildman–Crippen LogP) is 0.481. The summed E-state index contributed by atoms with van der Waals surface area (Å²) in [4.78, 5) is 11.2. The molecule has 0 spiro atoms. The lowest BCUT2D eigenvalue weighted by Gasteiger charge is -2.24. The summed E-state index contributed by atoms with van der Waals surface area (Å²) >= 11 is 5.18. The van der Waals surface area contributed by atoms with Crippen LogP contribution in [-0.2, 0) is 14.2 Å². The second-order valence-corrected chi connectivity index (χ2v) is 6.48. The summed E-state index contributed by atoms with van der Waals surface area (Å²) in [6, 6.07) is 0. The molecule has 2 aliphatic rings. The molecule has 0 radical (unpaired) electrons. The van der Waals surface area contributed by atoms with E-state index in [2.05, 4.69) is 15.0 Å². The SMILES string of the molecule is CC1(C)O[C@@H]2[C@@H](O1)[C@@H](n1cnc3c(=S)nc(N)[nH]c31)O[C@@H]2CO. The minimum Gasteiger partial charge on any atom is -0.394 e. The fourth-order valence-electron chi connectivity index (χ4n) is 3.18. The molecule has 124 valence electrons. The third-order valence-electron chi connectivity index (χ3n) is 4.04. The Bertz CT molecular complexity index is 818. The molecule has 0 saturated carbocycles. The van der Waals surface area contributed by atoms with Crippen molar-refractivity contribution >= 4 is 29.3 Å². The van der Waals surface area contributed by atoms with E-state index in [-0.39, 0.29) is 24.8 Å². The van der Waals surface area contributed by atoms with Gasteiger partial charge in [-0.25, -0.2) is 9.97 Å². The number of aliphatic hydroxyl groups excluding tert-OH is 1. The van der Waals surface area contributed by atoms with Gasteiger partial charge < -0.3 is 30.0 Å². The van der Waals surface area contributed by atoms with Crippen molar-refractivity contribution < 1.29 is 19.3 Å². The number of ether oxygens (including phenoxy) is 3. The van der Waals surface area contributed by atoms with Gasteiger partial charge >= 0.3 is 0 Å². The zero-order valence-corrected chi connectivity index (χ0v) is 13.4. The van der Waals surface area contributed by atoms with E-state index in [1.807, 2.05) is 13.8 Å². The highest BCUT2D eigenvalue weighted by atomic mass is 32.1. The third kappa shape index (κ3) is 2.25. The highest BCUT2D eigenvalue weighted by molar-refractivity contribution is 7.71. The van der Waals surface area contributed by atoms with Crippen LogP contribution in [0.1, 0.15) is 20.1 Å². The first-order chi connectivity index (χ1) is 10.9. The van der Waals surface area contributed by atoms with Gasteiger partial charge in [0.2, 0.25) is 0 Å². The average Bonchev–Trinajstić information content (AvgIpc) is 3.09. The topological polar surface area (TPSA) is 120 Å². The molecule has 0 unspecified atom stereocenters. The van der Waals surface area contributed by atoms with Gasteiger partial charge in [0.15, 0.2) is 22.6 Å². The van der Waals surface area contributed by atoms with E-state index in [9.17, 15) is 5.11 Å². The number of aromatic nitrogens is 4. The number of nitrogen functional groups attached to an aromatic ring is 1. The van der Waals surface area contributed by atoms with E-state index in [1.54, 1.807) is 10.9 Å². The van der Waals surface area contributed by atoms with Crippen molar-refractivity contribution in [2.75, 3.05) is 12.3 Å². The number of hydrogen-bond acceptors (Lipinski definition) is 8. The number of rotatable bonds is 2. The maximum atomic E-state index is 9.56. The highest BCUT2D eigenvalue weighted by Crippen LogP contribution is 2.43. The smallest absolute Gasteiger partial charge is 0.200 e. The van der Waals surface area contributed by atoms with Crippen molar-refractivity contribution in [2.45, 2.75) is 44.2 Å². The van der Waals surface area contributed by atoms with Crippen LogP contribution in [0.25, 0.3) is 11.2 Å². The molecule has 4 N–H and O–H groups in total. The Kier molecular flexibility index (Phi) is 3.22. The number of nitrogens with two attached hydrogens (primary N) is 1. The fourth-order valence-corrected chi connectivity index (χ4v) is 3.42. The summed E-state index contributed by atoms with van der Waals surface area (Å²) in [6.07, 6.45) is -0.146. The first-order valence-electron chi connectivity index (χ1n) is 7.24. The molecule has 2 aromatic rings. The quantitative estimate of drug-likeness (QED) is 0.676. The van der Waals surface area contributed by atoms with Crippen LogP contribution >= 0.6 is 12.2 Å². The van der Waals surface area contributed by atoms with E-state index in [0.717, 1.165) is 0 Å². The van der Waals surface area contributed by atoms with E-state index in [4.69, 9.17) is 32.2 Å². The second kappa shape index (κ2) is 4.95. The van der Waals surface area contributed by atoms with Crippen LogP contribution in [0.2, 0.25) is 0 Å². The Morgan fingerprint density at radius 1 is 1.43 bits per heavy atom. The summed E-state index contributed by atoms with van der Waals surface area (Å²) in [5.74, 6) is -0.546. The van der Waals surface area contributed by atoms with Crippen LogP contribution in [0.4, 0.5) is 5.95 Å². The lowest BCUT2D eigenvalue weighted by molar-refractivity contribution is -0.199. The Morgan fingerprint density at radius 2 is 2.17 bits per heavy atom. The molecular formula is C13H17N5O4S. The van der Waals surface area contributed by atoms with Crippen molar-refractivity contribution in [1.29, 1.82) is 0 Å². The third-order valence-corrected chi connectivity index (χ3v) is 4.33. The molecule has 0 aliphatic carbocycles. The van der Waals surface area contributed by atoms with Crippen LogP contribution in [0.5, 0.6) is 0 Å². The van der Waals surface area contributed by atoms with Gasteiger partial charge in [-0.1, -0.05) is 12.2 Å². The minimum atomic E-state index is -0.741. The molecule has 0 amide bonds. The summed E-state index contributed by atoms with van der Waals surface area (Å²) in [7, 11) is 0. The molecule has 9 nitrogen and oxygen atoms in total. The predicted molar refractivity (Wildman–Crippen MR) is 81.9 cm³/mol. The fraction of sp³-hybridized carbons (Fsp3) is 0.615. The maximum Gasteiger partial charge on any atom is 0.200 e. The van der Waals surface area contributed by atoms with Crippen LogP contribution in [0.15, 0.2) is 6.33 Å². The number of imidazole rings is 1. The number of aliphatic hydroxyl groups is 1. The van der Waals surface area contributed by atoms with Crippen LogP contribution in [0.3, 0.4) is 0 Å². The number of aromatic amines is 1. The first-order valence-corrected chi connectivity index (χ1v) is 7.65. The van der Waals surface area contributed by atoms with Crippen LogP contribution < -0.4 is 5.73 Å². The van der Waals surface area contributed by atoms with Crippen molar-refractivity contribution in [2.24, 2.45) is 0 Å². The van der Waals surface area contributed by atoms with Crippen molar-refractivity contribution in [3.05, 3.63) is 11.0 Å². The number of nitrogens with zero attached hydrogens (tertiary/aromatic N) is 3. The molecule has 4 heterocycles. The molecule has 23 heavy (non-hydrogen) atoms. The molecule has 4 rings (SSSR count). The van der Waals surface area contributed by atoms with Crippen molar-refractivity contribution in [3.8, 4) is 0 Å². The zero-order chi connectivity index (χ0) is 16.4. The van der Waals surface area contributed by atoms with E-state index >= 15 is 0 Å². The van der Waals surface area contributed by atoms with Crippen molar-refractivity contribution in [3.63, 3.8) is 0 Å². The molecule has 0 aromatic carbocycles. The molecule has 2 aliphatic heterocycles. The van der Waals surface area contributed by atoms with Gasteiger partial charge in [0.05, 0.1) is 12.9 Å². The number of H-pyrrole nitrogens is 1. The highest BCUT2D eigenvalue weighted by Gasteiger charge is 2.55. The minimum absolute atomic E-state index is 0.163. The van der Waals surface area contributed by atoms with Crippen LogP contribution in [0, 0.1) is 4.64 Å². The van der Waals surface area contributed by atoms with Gasteiger partial charge in [-0.2, -0.15) is 0 Å². The lowest BCUT2D eigenvalue weighted by atomic mass is 10.1. The Balaban J connectivity index is 1.80. The maximum absolute atomic E-state index is 9.56. The van der Waals surface area contributed by atoms with Crippen molar-refractivity contribution in [1.82, 2.24) is 19.5 Å². The average molecular weight is 339 g/mol. The molecule has 2 fully saturated rings. The van der Waals surface area contributed by atoms with E-state index in [0.29, 0.717) is 15.8 Å². The van der Waals surface area contributed by atoms with Crippen LogP contribution in [-0.4, -0.2) is 55.3 Å². The number of anilines is 1. The first kappa shape index (κ1) is 15.0. The normalized spacial score (nSPS) is 32.5. The molecule has 10 heteroatoms. The summed E-state index contributed by atoms with van der Waals surface area (Å²) in [5.41, 5.74) is 6.87. The largest absolute Gasteiger partial charge is 0.394 e. The second-order valence-electron chi connectivity index (χ2n) is 6.09. The van der Waals surface area contributed by atoms with Gasteiger partial charge in [-0.15, -0.1) is 0 Å². The Morgan fingerprint density at radius 3 is 2.91 bits per heavy atom. The number of fused-ring (bicyclic) bond motifs is 2. The van der Waals surface area contributed by atoms with Gasteiger partial charge in [0.25, 0.3) is 0 Å². The Hall–Kier alpha value is -1.59. The number of nitrogens with one attached hydrogen (secondary N) is 1. The molecule has 2 saturated heterocycles. The van der Waals surface area contributed by atoms with Gasteiger partial charge in [-0.05, 0) is 13.8 Å².